The van der Waals surface area contributed by atoms with Crippen LogP contribution in [0.3, 0.4) is 0 Å². The van der Waals surface area contributed by atoms with Gasteiger partial charge in [-0.2, -0.15) is 0 Å². The lowest BCUT2D eigenvalue weighted by Gasteiger charge is -2.44. The predicted molar refractivity (Wildman–Crippen MR) is 166 cm³/mol. The van der Waals surface area contributed by atoms with E-state index in [1.165, 1.54) is 96.3 Å². The van der Waals surface area contributed by atoms with Crippen LogP contribution in [0.1, 0.15) is 179 Å². The third-order valence-electron chi connectivity index (χ3n) is 12.3. The van der Waals surface area contributed by atoms with Crippen LogP contribution in [0.15, 0.2) is 0 Å². The second-order valence-electron chi connectivity index (χ2n) is 15.3. The van der Waals surface area contributed by atoms with Crippen LogP contribution in [0.2, 0.25) is 0 Å². The van der Waals surface area contributed by atoms with Crippen LogP contribution in [0.4, 0.5) is 0 Å². The van der Waals surface area contributed by atoms with Crippen molar-refractivity contribution < 1.29 is 0 Å². The number of hydrogen-bond donors (Lipinski definition) is 0. The first-order chi connectivity index (χ1) is 16.8. The van der Waals surface area contributed by atoms with E-state index in [4.69, 9.17) is 0 Å². The van der Waals surface area contributed by atoms with Crippen LogP contribution < -0.4 is 0 Å². The molecule has 0 unspecified atom stereocenters. The van der Waals surface area contributed by atoms with Gasteiger partial charge in [-0.1, -0.05) is 141 Å². The van der Waals surface area contributed by atoms with Gasteiger partial charge >= 0.3 is 0 Å². The molecule has 216 valence electrons. The highest BCUT2D eigenvalue weighted by Gasteiger charge is 2.39. The van der Waals surface area contributed by atoms with E-state index >= 15 is 0 Å². The molecule has 0 bridgehead atoms. The fourth-order valence-electron chi connectivity index (χ4n) is 9.09. The molecule has 0 N–H and O–H groups in total. The summed E-state index contributed by atoms with van der Waals surface area (Å²) in [6.07, 6.45) is 22.1. The Bertz CT molecular complexity index is 432. The molecular formula is C36H72. The van der Waals surface area contributed by atoms with Crippen molar-refractivity contribution in [2.75, 3.05) is 0 Å². The molecule has 36 heavy (non-hydrogen) atoms. The molecule has 0 spiro atoms. The molecule has 3 saturated carbocycles. The Labute approximate surface area is 231 Å². The van der Waals surface area contributed by atoms with Crippen molar-refractivity contribution in [3.05, 3.63) is 0 Å². The van der Waals surface area contributed by atoms with Crippen molar-refractivity contribution in [1.29, 1.82) is 0 Å². The van der Waals surface area contributed by atoms with Gasteiger partial charge in [0.1, 0.15) is 0 Å². The Morgan fingerprint density at radius 1 is 0.250 bits per heavy atom. The van der Waals surface area contributed by atoms with Crippen LogP contribution in [0, 0.1) is 51.8 Å². The van der Waals surface area contributed by atoms with E-state index in [1.54, 1.807) is 0 Å². The van der Waals surface area contributed by atoms with Crippen molar-refractivity contribution in [3.63, 3.8) is 0 Å². The molecule has 0 saturated heterocycles. The standard InChI is InChI=1S/3C12H24/c3*1-10(2)12(11(3)4)8-6-5-7-9-12/h3*10-11H,5-9H2,1-4H3. The van der Waals surface area contributed by atoms with Gasteiger partial charge < -0.3 is 0 Å². The lowest BCUT2D eigenvalue weighted by Crippen LogP contribution is -2.35. The molecule has 0 aliphatic heterocycles. The number of rotatable bonds is 6. The normalized spacial score (nSPS) is 23.5. The van der Waals surface area contributed by atoms with Gasteiger partial charge in [0.05, 0.1) is 0 Å². The second kappa shape index (κ2) is 15.6. The van der Waals surface area contributed by atoms with Crippen molar-refractivity contribution in [3.8, 4) is 0 Å². The lowest BCUT2D eigenvalue weighted by molar-refractivity contribution is 0.0587. The largest absolute Gasteiger partial charge is 0.0622 e. The van der Waals surface area contributed by atoms with E-state index in [0.29, 0.717) is 16.2 Å². The maximum absolute atomic E-state index is 2.41. The molecule has 3 fully saturated rings. The van der Waals surface area contributed by atoms with Crippen LogP contribution in [0.5, 0.6) is 0 Å². The Kier molecular flexibility index (Phi) is 14.7. The first-order valence-electron chi connectivity index (χ1n) is 16.8. The summed E-state index contributed by atoms with van der Waals surface area (Å²) in [7, 11) is 0. The summed E-state index contributed by atoms with van der Waals surface area (Å²) in [5.74, 6) is 5.24. The third kappa shape index (κ3) is 8.50. The minimum atomic E-state index is 0.679. The van der Waals surface area contributed by atoms with E-state index in [2.05, 4.69) is 83.1 Å². The first-order valence-corrected chi connectivity index (χ1v) is 16.8. The molecule has 0 amide bonds. The molecule has 0 nitrogen and oxygen atoms in total. The first kappa shape index (κ1) is 34.0. The molecule has 0 heterocycles. The van der Waals surface area contributed by atoms with Gasteiger partial charge in [0, 0.05) is 0 Å². The minimum absolute atomic E-state index is 0.679. The van der Waals surface area contributed by atoms with Gasteiger partial charge in [0.25, 0.3) is 0 Å². The molecule has 0 heteroatoms. The average molecular weight is 505 g/mol. The van der Waals surface area contributed by atoms with Gasteiger partial charge in [-0.05, 0) is 90.3 Å². The fraction of sp³-hybridized carbons (Fsp3) is 1.00. The maximum Gasteiger partial charge on any atom is -0.0251 e. The van der Waals surface area contributed by atoms with Gasteiger partial charge in [-0.3, -0.25) is 0 Å². The summed E-state index contributed by atoms with van der Waals surface area (Å²) in [4.78, 5) is 0. The zero-order valence-corrected chi connectivity index (χ0v) is 27.6. The molecule has 0 atom stereocenters. The minimum Gasteiger partial charge on any atom is -0.0622 e. The topological polar surface area (TPSA) is 0 Å². The Morgan fingerprint density at radius 2 is 0.389 bits per heavy atom. The Balaban J connectivity index is 0.000000270. The van der Waals surface area contributed by atoms with Crippen molar-refractivity contribution in [2.45, 2.75) is 179 Å². The predicted octanol–water partition coefficient (Wildman–Crippen LogP) is 12.7. The summed E-state index contributed by atoms with van der Waals surface area (Å²) < 4.78 is 0. The van der Waals surface area contributed by atoms with Crippen LogP contribution >= 0.6 is 0 Å². The lowest BCUT2D eigenvalue weighted by atomic mass is 9.61. The monoisotopic (exact) mass is 505 g/mol. The molecule has 3 aliphatic rings. The zero-order valence-electron chi connectivity index (χ0n) is 27.6. The number of hydrogen-bond acceptors (Lipinski definition) is 0. The zero-order chi connectivity index (χ0) is 27.6. The van der Waals surface area contributed by atoms with E-state index in [-0.39, 0.29) is 0 Å². The SMILES string of the molecule is CC(C)C1(C(C)C)CCCCC1.CC(C)C1(C(C)C)CCCCC1.CC(C)C1(C(C)C)CCCCC1. The van der Waals surface area contributed by atoms with Crippen LogP contribution in [-0.4, -0.2) is 0 Å². The molecule has 3 aliphatic carbocycles. The van der Waals surface area contributed by atoms with E-state index in [1.807, 2.05) is 0 Å². The van der Waals surface area contributed by atoms with Gasteiger partial charge in [-0.25, -0.2) is 0 Å². The van der Waals surface area contributed by atoms with Crippen molar-refractivity contribution >= 4 is 0 Å². The van der Waals surface area contributed by atoms with Gasteiger partial charge in [0.2, 0.25) is 0 Å². The summed E-state index contributed by atoms with van der Waals surface area (Å²) >= 11 is 0. The van der Waals surface area contributed by atoms with Crippen molar-refractivity contribution in [1.82, 2.24) is 0 Å². The average Bonchev–Trinajstić information content (AvgIpc) is 2.85. The summed E-state index contributed by atoms with van der Waals surface area (Å²) in [5.41, 5.74) is 2.04. The van der Waals surface area contributed by atoms with E-state index < -0.39 is 0 Å². The molecule has 0 radical (unpaired) electrons. The Hall–Kier alpha value is 0. The molecule has 0 aromatic heterocycles. The quantitative estimate of drug-likeness (QED) is 0.337. The molecular weight excluding hydrogens is 432 g/mol. The molecule has 0 aromatic carbocycles. The molecule has 0 aromatic rings. The third-order valence-corrected chi connectivity index (χ3v) is 12.3. The highest BCUT2D eigenvalue weighted by Crippen LogP contribution is 2.49. The van der Waals surface area contributed by atoms with E-state index in [9.17, 15) is 0 Å². The fourth-order valence-corrected chi connectivity index (χ4v) is 9.09. The second-order valence-corrected chi connectivity index (χ2v) is 15.3. The summed E-state index contributed by atoms with van der Waals surface area (Å²) in [6, 6.07) is 0. The molecule has 3 rings (SSSR count). The summed E-state index contributed by atoms with van der Waals surface area (Å²) in [5, 5.41) is 0. The highest BCUT2D eigenvalue weighted by molar-refractivity contribution is 4.89. The van der Waals surface area contributed by atoms with Crippen LogP contribution in [0.25, 0.3) is 0 Å². The van der Waals surface area contributed by atoms with Gasteiger partial charge in [0.15, 0.2) is 0 Å². The van der Waals surface area contributed by atoms with Gasteiger partial charge in [-0.15, -0.1) is 0 Å². The van der Waals surface area contributed by atoms with Crippen molar-refractivity contribution in [2.24, 2.45) is 51.8 Å². The maximum atomic E-state index is 2.41. The summed E-state index contributed by atoms with van der Waals surface area (Å²) in [6.45, 7) is 28.9. The Morgan fingerprint density at radius 3 is 0.472 bits per heavy atom. The van der Waals surface area contributed by atoms with Crippen LogP contribution in [-0.2, 0) is 0 Å². The van der Waals surface area contributed by atoms with E-state index in [0.717, 1.165) is 35.5 Å². The smallest absolute Gasteiger partial charge is 0.0251 e. The highest BCUT2D eigenvalue weighted by atomic mass is 14.4.